The Morgan fingerprint density at radius 3 is 2.67 bits per heavy atom. The Balaban J connectivity index is 1.64. The number of aliphatic hydroxyl groups is 1. The standard InChI is InChI=1S/C26H40O/c1-5-14-25(2,3)15-12-19-17-18-8-6-7-9-20(18)21-13-16-26(4)22(24(19)21)10-11-23(26)27/h6-9,19,21-24,27H,5,10-17H2,1-4H3. The molecule has 3 aliphatic rings. The summed E-state index contributed by atoms with van der Waals surface area (Å²) < 4.78 is 0. The normalized spacial score (nSPS) is 38.2. The molecule has 1 N–H and O–H groups in total. The zero-order chi connectivity index (χ0) is 19.2. The Morgan fingerprint density at radius 1 is 1.11 bits per heavy atom. The highest BCUT2D eigenvalue weighted by Gasteiger charge is 2.56. The average Bonchev–Trinajstić information content (AvgIpc) is 2.94. The number of fused-ring (bicyclic) bond motifs is 5. The molecule has 0 saturated heterocycles. The van der Waals surface area contributed by atoms with Gasteiger partial charge in [-0.3, -0.25) is 0 Å². The van der Waals surface area contributed by atoms with Crippen molar-refractivity contribution in [1.29, 1.82) is 0 Å². The van der Waals surface area contributed by atoms with Crippen LogP contribution in [0.5, 0.6) is 0 Å². The summed E-state index contributed by atoms with van der Waals surface area (Å²) in [6.07, 6.45) is 11.3. The van der Waals surface area contributed by atoms with Gasteiger partial charge in [-0.2, -0.15) is 0 Å². The maximum Gasteiger partial charge on any atom is 0.0596 e. The highest BCUT2D eigenvalue weighted by molar-refractivity contribution is 5.35. The molecule has 1 heteroatoms. The van der Waals surface area contributed by atoms with Crippen LogP contribution in [-0.2, 0) is 6.42 Å². The van der Waals surface area contributed by atoms with Gasteiger partial charge in [0.2, 0.25) is 0 Å². The molecule has 27 heavy (non-hydrogen) atoms. The summed E-state index contributed by atoms with van der Waals surface area (Å²) >= 11 is 0. The third-order valence-electron chi connectivity index (χ3n) is 8.88. The summed E-state index contributed by atoms with van der Waals surface area (Å²) in [6, 6.07) is 9.30. The largest absolute Gasteiger partial charge is 0.393 e. The second-order valence-corrected chi connectivity index (χ2v) is 11.0. The number of benzene rings is 1. The van der Waals surface area contributed by atoms with Gasteiger partial charge in [-0.1, -0.05) is 58.4 Å². The minimum Gasteiger partial charge on any atom is -0.393 e. The number of hydrogen-bond donors (Lipinski definition) is 1. The van der Waals surface area contributed by atoms with E-state index in [2.05, 4.69) is 52.0 Å². The summed E-state index contributed by atoms with van der Waals surface area (Å²) in [7, 11) is 0. The van der Waals surface area contributed by atoms with Crippen LogP contribution in [0.4, 0.5) is 0 Å². The van der Waals surface area contributed by atoms with E-state index in [0.29, 0.717) is 5.41 Å². The van der Waals surface area contributed by atoms with Crippen LogP contribution in [0.1, 0.15) is 96.1 Å². The molecule has 0 amide bonds. The Hall–Kier alpha value is -0.820. The first-order valence-corrected chi connectivity index (χ1v) is 11.6. The van der Waals surface area contributed by atoms with Crippen molar-refractivity contribution in [3.63, 3.8) is 0 Å². The highest BCUT2D eigenvalue weighted by atomic mass is 16.3. The lowest BCUT2D eigenvalue weighted by Crippen LogP contribution is -2.47. The molecule has 3 aliphatic carbocycles. The Morgan fingerprint density at radius 2 is 1.89 bits per heavy atom. The average molecular weight is 369 g/mol. The summed E-state index contributed by atoms with van der Waals surface area (Å²) in [4.78, 5) is 0. The van der Waals surface area contributed by atoms with Crippen LogP contribution in [0.2, 0.25) is 0 Å². The van der Waals surface area contributed by atoms with Crippen LogP contribution >= 0.6 is 0 Å². The van der Waals surface area contributed by atoms with E-state index in [1.165, 1.54) is 51.4 Å². The lowest BCUT2D eigenvalue weighted by Gasteiger charge is -2.53. The molecule has 0 radical (unpaired) electrons. The molecule has 0 aromatic heterocycles. The van der Waals surface area contributed by atoms with Crippen molar-refractivity contribution in [1.82, 2.24) is 0 Å². The predicted molar refractivity (Wildman–Crippen MR) is 114 cm³/mol. The number of hydrogen-bond acceptors (Lipinski definition) is 1. The Kier molecular flexibility index (Phi) is 5.21. The summed E-state index contributed by atoms with van der Waals surface area (Å²) in [5, 5.41) is 10.8. The SMILES string of the molecule is CCCC(C)(C)CCC1Cc2ccccc2C2CCC3(C)C(O)CCC3C12. The molecule has 4 rings (SSSR count). The van der Waals surface area contributed by atoms with Gasteiger partial charge in [-0.05, 0) is 97.0 Å². The fourth-order valence-corrected chi connectivity index (χ4v) is 7.36. The second-order valence-electron chi connectivity index (χ2n) is 11.0. The molecule has 6 unspecified atom stereocenters. The summed E-state index contributed by atoms with van der Waals surface area (Å²) in [5.74, 6) is 3.04. The van der Waals surface area contributed by atoms with Crippen LogP contribution in [0, 0.1) is 28.6 Å². The van der Waals surface area contributed by atoms with E-state index in [-0.39, 0.29) is 11.5 Å². The first-order valence-electron chi connectivity index (χ1n) is 11.6. The van der Waals surface area contributed by atoms with Gasteiger partial charge >= 0.3 is 0 Å². The van der Waals surface area contributed by atoms with Gasteiger partial charge in [-0.25, -0.2) is 0 Å². The van der Waals surface area contributed by atoms with Crippen molar-refractivity contribution >= 4 is 0 Å². The van der Waals surface area contributed by atoms with Gasteiger partial charge in [0.15, 0.2) is 0 Å². The summed E-state index contributed by atoms with van der Waals surface area (Å²) in [6.45, 7) is 9.66. The molecule has 2 saturated carbocycles. The molecule has 1 nitrogen and oxygen atoms in total. The van der Waals surface area contributed by atoms with E-state index in [1.54, 1.807) is 11.1 Å². The van der Waals surface area contributed by atoms with Crippen LogP contribution in [0.25, 0.3) is 0 Å². The molecule has 0 aliphatic heterocycles. The van der Waals surface area contributed by atoms with Crippen molar-refractivity contribution in [2.45, 2.75) is 97.5 Å². The molecule has 6 atom stereocenters. The van der Waals surface area contributed by atoms with Crippen molar-refractivity contribution < 1.29 is 5.11 Å². The van der Waals surface area contributed by atoms with E-state index < -0.39 is 0 Å². The topological polar surface area (TPSA) is 20.2 Å². The maximum atomic E-state index is 10.8. The quantitative estimate of drug-likeness (QED) is 0.610. The van der Waals surface area contributed by atoms with Gasteiger partial charge < -0.3 is 5.11 Å². The molecule has 150 valence electrons. The highest BCUT2D eigenvalue weighted by Crippen LogP contribution is 2.62. The third-order valence-corrected chi connectivity index (χ3v) is 8.88. The van der Waals surface area contributed by atoms with E-state index in [1.807, 2.05) is 0 Å². The number of aliphatic hydroxyl groups excluding tert-OH is 1. The van der Waals surface area contributed by atoms with Crippen LogP contribution in [-0.4, -0.2) is 11.2 Å². The lowest BCUT2D eigenvalue weighted by atomic mass is 9.52. The van der Waals surface area contributed by atoms with Gasteiger partial charge in [-0.15, -0.1) is 0 Å². The van der Waals surface area contributed by atoms with E-state index in [4.69, 9.17) is 0 Å². The smallest absolute Gasteiger partial charge is 0.0596 e. The van der Waals surface area contributed by atoms with E-state index >= 15 is 0 Å². The fraction of sp³-hybridized carbons (Fsp3) is 0.769. The zero-order valence-corrected chi connectivity index (χ0v) is 18.0. The van der Waals surface area contributed by atoms with Gasteiger partial charge in [0, 0.05) is 0 Å². The molecule has 0 heterocycles. The molecule has 0 spiro atoms. The minimum atomic E-state index is -0.0715. The molecule has 2 fully saturated rings. The third kappa shape index (κ3) is 3.39. The number of rotatable bonds is 5. The van der Waals surface area contributed by atoms with Gasteiger partial charge in [0.1, 0.15) is 0 Å². The lowest BCUT2D eigenvalue weighted by molar-refractivity contribution is -0.0407. The van der Waals surface area contributed by atoms with Crippen LogP contribution < -0.4 is 0 Å². The molecular weight excluding hydrogens is 328 g/mol. The molecule has 0 bridgehead atoms. The van der Waals surface area contributed by atoms with Crippen molar-refractivity contribution in [3.05, 3.63) is 35.4 Å². The van der Waals surface area contributed by atoms with E-state index in [0.717, 1.165) is 30.1 Å². The van der Waals surface area contributed by atoms with Crippen LogP contribution in [0.15, 0.2) is 24.3 Å². The van der Waals surface area contributed by atoms with Gasteiger partial charge in [0.05, 0.1) is 6.10 Å². The zero-order valence-electron chi connectivity index (χ0n) is 18.0. The van der Waals surface area contributed by atoms with Crippen molar-refractivity contribution in [2.75, 3.05) is 0 Å². The fourth-order valence-electron chi connectivity index (χ4n) is 7.36. The monoisotopic (exact) mass is 368 g/mol. The van der Waals surface area contributed by atoms with E-state index in [9.17, 15) is 5.11 Å². The first-order chi connectivity index (χ1) is 12.9. The Bertz CT molecular complexity index is 662. The molecule has 1 aromatic rings. The molecule has 1 aromatic carbocycles. The summed E-state index contributed by atoms with van der Waals surface area (Å²) in [5.41, 5.74) is 3.91. The van der Waals surface area contributed by atoms with Crippen molar-refractivity contribution in [2.24, 2.45) is 28.6 Å². The maximum absolute atomic E-state index is 10.8. The van der Waals surface area contributed by atoms with Gasteiger partial charge in [0.25, 0.3) is 0 Å². The van der Waals surface area contributed by atoms with Crippen molar-refractivity contribution in [3.8, 4) is 0 Å². The Labute approximate surface area is 167 Å². The minimum absolute atomic E-state index is 0.0715. The predicted octanol–water partition coefficient (Wildman–Crippen LogP) is 6.74. The molecular formula is C26H40O. The second kappa shape index (κ2) is 7.21. The first kappa shape index (κ1) is 19.5. The van der Waals surface area contributed by atoms with Crippen LogP contribution in [0.3, 0.4) is 0 Å².